The van der Waals surface area contributed by atoms with Gasteiger partial charge >= 0.3 is 0 Å². The van der Waals surface area contributed by atoms with Gasteiger partial charge in [0.05, 0.1) is 0 Å². The molecule has 2 heteroatoms. The SMILES string of the molecule is CC(C)(C)CCC(N)C1CCCc2sccc21. The molecule has 0 bridgehead atoms. The molecule has 2 rings (SSSR count). The summed E-state index contributed by atoms with van der Waals surface area (Å²) in [5.41, 5.74) is 8.40. The first kappa shape index (κ1) is 13.1. The van der Waals surface area contributed by atoms with E-state index in [0.717, 1.165) is 6.42 Å². The molecule has 17 heavy (non-hydrogen) atoms. The molecule has 2 unspecified atom stereocenters. The van der Waals surface area contributed by atoms with E-state index in [1.54, 1.807) is 10.4 Å². The van der Waals surface area contributed by atoms with Gasteiger partial charge in [0.25, 0.3) is 0 Å². The van der Waals surface area contributed by atoms with E-state index in [1.807, 2.05) is 11.3 Å². The van der Waals surface area contributed by atoms with Crippen LogP contribution >= 0.6 is 11.3 Å². The van der Waals surface area contributed by atoms with E-state index in [1.165, 1.54) is 25.7 Å². The largest absolute Gasteiger partial charge is 0.327 e. The topological polar surface area (TPSA) is 26.0 Å². The molecule has 2 N–H and O–H groups in total. The fourth-order valence-electron chi connectivity index (χ4n) is 2.77. The van der Waals surface area contributed by atoms with Gasteiger partial charge in [-0.3, -0.25) is 0 Å². The van der Waals surface area contributed by atoms with Crippen LogP contribution in [0.4, 0.5) is 0 Å². The van der Waals surface area contributed by atoms with Crippen molar-refractivity contribution in [2.24, 2.45) is 11.1 Å². The first-order valence-corrected chi connectivity index (χ1v) is 7.67. The van der Waals surface area contributed by atoms with Gasteiger partial charge in [0.2, 0.25) is 0 Å². The van der Waals surface area contributed by atoms with Crippen molar-refractivity contribution in [2.75, 3.05) is 0 Å². The van der Waals surface area contributed by atoms with E-state index in [-0.39, 0.29) is 0 Å². The maximum atomic E-state index is 6.43. The molecular weight excluding hydrogens is 226 g/mol. The third-order valence-electron chi connectivity index (χ3n) is 3.84. The fraction of sp³-hybridized carbons (Fsp3) is 0.733. The molecule has 1 aromatic rings. The molecule has 0 amide bonds. The number of hydrogen-bond acceptors (Lipinski definition) is 2. The third-order valence-corrected chi connectivity index (χ3v) is 4.84. The summed E-state index contributed by atoms with van der Waals surface area (Å²) in [5, 5.41) is 2.24. The minimum atomic E-state index is 0.350. The Morgan fingerprint density at radius 2 is 2.24 bits per heavy atom. The summed E-state index contributed by atoms with van der Waals surface area (Å²) in [6.45, 7) is 6.91. The average Bonchev–Trinajstić information content (AvgIpc) is 2.72. The lowest BCUT2D eigenvalue weighted by Crippen LogP contribution is -2.31. The van der Waals surface area contributed by atoms with Gasteiger partial charge in [-0.15, -0.1) is 11.3 Å². The Hall–Kier alpha value is -0.340. The van der Waals surface area contributed by atoms with Crippen LogP contribution in [0.2, 0.25) is 0 Å². The Kier molecular flexibility index (Phi) is 3.94. The molecule has 0 spiro atoms. The third kappa shape index (κ3) is 3.32. The van der Waals surface area contributed by atoms with Crippen LogP contribution in [0.5, 0.6) is 0 Å². The van der Waals surface area contributed by atoms with Crippen LogP contribution in [-0.4, -0.2) is 6.04 Å². The average molecular weight is 251 g/mol. The maximum Gasteiger partial charge on any atom is 0.0108 e. The highest BCUT2D eigenvalue weighted by molar-refractivity contribution is 7.10. The van der Waals surface area contributed by atoms with Crippen LogP contribution in [0, 0.1) is 5.41 Å². The molecule has 0 fully saturated rings. The summed E-state index contributed by atoms with van der Waals surface area (Å²) in [6, 6.07) is 2.66. The summed E-state index contributed by atoms with van der Waals surface area (Å²) in [7, 11) is 0. The van der Waals surface area contributed by atoms with Crippen molar-refractivity contribution in [3.8, 4) is 0 Å². The molecule has 1 aromatic heterocycles. The summed E-state index contributed by atoms with van der Waals surface area (Å²) >= 11 is 1.91. The minimum Gasteiger partial charge on any atom is -0.327 e. The Morgan fingerprint density at radius 3 is 2.94 bits per heavy atom. The second-order valence-electron chi connectivity index (χ2n) is 6.56. The second kappa shape index (κ2) is 5.11. The number of hydrogen-bond donors (Lipinski definition) is 1. The summed E-state index contributed by atoms with van der Waals surface area (Å²) in [6.07, 6.45) is 6.26. The van der Waals surface area contributed by atoms with E-state index in [0.29, 0.717) is 17.4 Å². The molecule has 2 atom stereocenters. The highest BCUT2D eigenvalue weighted by Crippen LogP contribution is 2.38. The van der Waals surface area contributed by atoms with Crippen molar-refractivity contribution in [2.45, 2.75) is 64.8 Å². The Labute approximate surface area is 109 Å². The second-order valence-corrected chi connectivity index (χ2v) is 7.56. The van der Waals surface area contributed by atoms with Crippen molar-refractivity contribution in [1.82, 2.24) is 0 Å². The zero-order chi connectivity index (χ0) is 12.5. The summed E-state index contributed by atoms with van der Waals surface area (Å²) < 4.78 is 0. The fourth-order valence-corrected chi connectivity index (χ4v) is 3.76. The van der Waals surface area contributed by atoms with Crippen molar-refractivity contribution in [3.05, 3.63) is 21.9 Å². The van der Waals surface area contributed by atoms with Crippen molar-refractivity contribution in [3.63, 3.8) is 0 Å². The van der Waals surface area contributed by atoms with Crippen molar-refractivity contribution in [1.29, 1.82) is 0 Å². The first-order valence-electron chi connectivity index (χ1n) is 6.79. The zero-order valence-corrected chi connectivity index (χ0v) is 12.1. The van der Waals surface area contributed by atoms with E-state index < -0.39 is 0 Å². The van der Waals surface area contributed by atoms with E-state index in [2.05, 4.69) is 32.2 Å². The van der Waals surface area contributed by atoms with Crippen LogP contribution < -0.4 is 5.73 Å². The molecule has 0 saturated carbocycles. The van der Waals surface area contributed by atoms with Crippen LogP contribution in [0.15, 0.2) is 11.4 Å². The van der Waals surface area contributed by atoms with Gasteiger partial charge in [-0.05, 0) is 54.5 Å². The highest BCUT2D eigenvalue weighted by Gasteiger charge is 2.27. The van der Waals surface area contributed by atoms with Crippen LogP contribution in [0.1, 0.15) is 62.8 Å². The Bertz CT molecular complexity index is 361. The van der Waals surface area contributed by atoms with Gasteiger partial charge < -0.3 is 5.73 Å². The lowest BCUT2D eigenvalue weighted by atomic mass is 9.79. The lowest BCUT2D eigenvalue weighted by molar-refractivity contribution is 0.326. The number of nitrogens with two attached hydrogens (primary N) is 1. The minimum absolute atomic E-state index is 0.350. The smallest absolute Gasteiger partial charge is 0.0108 e. The standard InChI is InChI=1S/C15H25NS/c1-15(2,3)9-7-13(16)11-5-4-6-14-12(11)8-10-17-14/h8,10-11,13H,4-7,9,16H2,1-3H3. The maximum absolute atomic E-state index is 6.43. The zero-order valence-electron chi connectivity index (χ0n) is 11.3. The summed E-state index contributed by atoms with van der Waals surface area (Å²) in [4.78, 5) is 1.59. The number of fused-ring (bicyclic) bond motifs is 1. The molecule has 1 aliphatic rings. The summed E-state index contributed by atoms with van der Waals surface area (Å²) in [5.74, 6) is 0.618. The number of thiophene rings is 1. The lowest BCUT2D eigenvalue weighted by Gasteiger charge is -2.30. The molecular formula is C15H25NS. The van der Waals surface area contributed by atoms with Gasteiger partial charge in [0, 0.05) is 16.8 Å². The van der Waals surface area contributed by atoms with Crippen LogP contribution in [-0.2, 0) is 6.42 Å². The number of aryl methyl sites for hydroxylation is 1. The molecule has 1 heterocycles. The van der Waals surface area contributed by atoms with E-state index in [4.69, 9.17) is 5.73 Å². The molecule has 0 saturated heterocycles. The molecule has 0 aromatic carbocycles. The Balaban J connectivity index is 2.00. The van der Waals surface area contributed by atoms with Crippen molar-refractivity contribution >= 4 is 11.3 Å². The van der Waals surface area contributed by atoms with Gasteiger partial charge in [-0.25, -0.2) is 0 Å². The molecule has 0 radical (unpaired) electrons. The van der Waals surface area contributed by atoms with E-state index in [9.17, 15) is 0 Å². The van der Waals surface area contributed by atoms with E-state index >= 15 is 0 Å². The molecule has 0 aliphatic heterocycles. The first-order chi connectivity index (χ1) is 7.97. The van der Waals surface area contributed by atoms with Gasteiger partial charge in [0.1, 0.15) is 0 Å². The molecule has 1 aliphatic carbocycles. The van der Waals surface area contributed by atoms with Crippen LogP contribution in [0.25, 0.3) is 0 Å². The Morgan fingerprint density at radius 1 is 1.47 bits per heavy atom. The quantitative estimate of drug-likeness (QED) is 0.850. The van der Waals surface area contributed by atoms with Crippen molar-refractivity contribution < 1.29 is 0 Å². The predicted molar refractivity (Wildman–Crippen MR) is 76.7 cm³/mol. The predicted octanol–water partition coefficient (Wildman–Crippen LogP) is 4.32. The monoisotopic (exact) mass is 251 g/mol. The molecule has 96 valence electrons. The normalized spacial score (nSPS) is 22.2. The van der Waals surface area contributed by atoms with Gasteiger partial charge in [-0.2, -0.15) is 0 Å². The highest BCUT2D eigenvalue weighted by atomic mass is 32.1. The van der Waals surface area contributed by atoms with Crippen LogP contribution in [0.3, 0.4) is 0 Å². The number of rotatable bonds is 3. The van der Waals surface area contributed by atoms with Gasteiger partial charge in [-0.1, -0.05) is 20.8 Å². The molecule has 1 nitrogen and oxygen atoms in total. The van der Waals surface area contributed by atoms with Gasteiger partial charge in [0.15, 0.2) is 0 Å².